The Bertz CT molecular complexity index is 916. The molecule has 2 rings (SSSR count). The predicted molar refractivity (Wildman–Crippen MR) is 94.8 cm³/mol. The van der Waals surface area contributed by atoms with Gasteiger partial charge in [-0.05, 0) is 36.4 Å². The fourth-order valence-corrected chi connectivity index (χ4v) is 3.12. The second-order valence-electron chi connectivity index (χ2n) is 5.01. The number of rotatable bonds is 5. The van der Waals surface area contributed by atoms with Crippen LogP contribution in [-0.2, 0) is 14.9 Å². The van der Waals surface area contributed by atoms with Gasteiger partial charge in [0.05, 0.1) is 22.6 Å². The fraction of sp³-hybridized carbons (Fsp3) is 0.125. The number of benzene rings is 2. The van der Waals surface area contributed by atoms with Crippen molar-refractivity contribution in [3.63, 3.8) is 0 Å². The van der Waals surface area contributed by atoms with Crippen LogP contribution in [0.25, 0.3) is 0 Å². The van der Waals surface area contributed by atoms with Gasteiger partial charge in [0, 0.05) is 12.6 Å². The molecule has 2 N–H and O–H groups in total. The number of nitrogens with one attached hydrogen (secondary N) is 2. The van der Waals surface area contributed by atoms with E-state index < -0.39 is 21.8 Å². The lowest BCUT2D eigenvalue weighted by molar-refractivity contribution is -0.0258. The molecule has 0 spiro atoms. The van der Waals surface area contributed by atoms with E-state index in [9.17, 15) is 18.0 Å². The summed E-state index contributed by atoms with van der Waals surface area (Å²) in [5, 5.41) is 0.246. The highest BCUT2D eigenvalue weighted by Gasteiger charge is 2.21. The molecule has 2 amide bonds. The van der Waals surface area contributed by atoms with Crippen LogP contribution in [-0.4, -0.2) is 38.9 Å². The molecule has 2 aromatic carbocycles. The fourth-order valence-electron chi connectivity index (χ4n) is 1.92. The summed E-state index contributed by atoms with van der Waals surface area (Å²) >= 11 is 5.90. The van der Waals surface area contributed by atoms with Crippen LogP contribution in [0.15, 0.2) is 53.4 Å². The minimum absolute atomic E-state index is 0.0431. The van der Waals surface area contributed by atoms with Crippen LogP contribution in [0.3, 0.4) is 0 Å². The highest BCUT2D eigenvalue weighted by atomic mass is 35.5. The largest absolute Gasteiger partial charge is 0.288 e. The van der Waals surface area contributed by atoms with Gasteiger partial charge >= 0.3 is 0 Å². The number of hydrogen-bond donors (Lipinski definition) is 2. The Balaban J connectivity index is 2.05. The van der Waals surface area contributed by atoms with Crippen molar-refractivity contribution in [3.05, 3.63) is 64.7 Å². The maximum atomic E-state index is 12.1. The van der Waals surface area contributed by atoms with E-state index in [4.69, 9.17) is 11.6 Å². The summed E-state index contributed by atoms with van der Waals surface area (Å²) in [6.07, 6.45) is 0. The molecule has 0 radical (unpaired) electrons. The molecule has 0 aliphatic heterocycles. The first kappa shape index (κ1) is 19.9. The molecule has 0 atom stereocenters. The van der Waals surface area contributed by atoms with Crippen LogP contribution in [0.2, 0.25) is 5.02 Å². The number of carbonyl (C=O) groups excluding carboxylic acids is 2. The number of hydroxylamine groups is 1. The highest BCUT2D eigenvalue weighted by molar-refractivity contribution is 7.89. The van der Waals surface area contributed by atoms with E-state index in [-0.39, 0.29) is 21.0 Å². The summed E-state index contributed by atoms with van der Waals surface area (Å²) in [6, 6.07) is 11.5. The van der Waals surface area contributed by atoms with Gasteiger partial charge in [-0.3, -0.25) is 25.3 Å². The quantitative estimate of drug-likeness (QED) is 0.745. The van der Waals surface area contributed by atoms with Crippen LogP contribution in [0.1, 0.15) is 20.7 Å². The summed E-state index contributed by atoms with van der Waals surface area (Å²) in [5.74, 6) is -1.20. The van der Waals surface area contributed by atoms with Crippen LogP contribution < -0.4 is 10.9 Å². The smallest absolute Gasteiger partial charge is 0.271 e. The lowest BCUT2D eigenvalue weighted by Crippen LogP contribution is -2.41. The molecule has 0 heterocycles. The number of sulfonamides is 1. The third kappa shape index (κ3) is 4.38. The Morgan fingerprint density at radius 3 is 2.15 bits per heavy atom. The van der Waals surface area contributed by atoms with Gasteiger partial charge in [-0.1, -0.05) is 28.2 Å². The molecular weight excluding hydrogens is 382 g/mol. The third-order valence-corrected chi connectivity index (χ3v) is 5.44. The topological polar surface area (TPSA) is 105 Å². The minimum Gasteiger partial charge on any atom is -0.288 e. The second-order valence-corrected chi connectivity index (χ2v) is 7.35. The second kappa shape index (κ2) is 8.28. The first-order chi connectivity index (χ1) is 12.3. The standard InChI is InChI=1S/C16H16ClN3O5S/c1-20(25-2)26(23,24)12-9-7-11(8-10-12)15(21)18-19-16(22)13-5-3-4-6-14(13)17/h3-10H,1-2H3,(H,18,21)(H,19,22). The van der Waals surface area contributed by atoms with Gasteiger partial charge in [-0.2, -0.15) is 0 Å². The van der Waals surface area contributed by atoms with Crippen LogP contribution >= 0.6 is 11.6 Å². The number of hydrogen-bond acceptors (Lipinski definition) is 5. The monoisotopic (exact) mass is 397 g/mol. The average molecular weight is 398 g/mol. The summed E-state index contributed by atoms with van der Waals surface area (Å²) in [7, 11) is -1.33. The van der Waals surface area contributed by atoms with Crippen molar-refractivity contribution in [1.82, 2.24) is 15.3 Å². The van der Waals surface area contributed by atoms with E-state index in [1.807, 2.05) is 0 Å². The van der Waals surface area contributed by atoms with Crippen molar-refractivity contribution in [2.45, 2.75) is 4.90 Å². The molecule has 0 saturated carbocycles. The zero-order chi connectivity index (χ0) is 19.3. The van der Waals surface area contributed by atoms with Crippen molar-refractivity contribution < 1.29 is 22.8 Å². The number of amides is 2. The maximum absolute atomic E-state index is 12.1. The minimum atomic E-state index is -3.80. The summed E-state index contributed by atoms with van der Waals surface area (Å²) < 4.78 is 24.9. The average Bonchev–Trinajstić information content (AvgIpc) is 2.65. The maximum Gasteiger partial charge on any atom is 0.271 e. The van der Waals surface area contributed by atoms with Gasteiger partial charge in [-0.15, -0.1) is 0 Å². The molecule has 10 heteroatoms. The van der Waals surface area contributed by atoms with Gasteiger partial charge in [-0.25, -0.2) is 8.42 Å². The highest BCUT2D eigenvalue weighted by Crippen LogP contribution is 2.16. The first-order valence-corrected chi connectivity index (χ1v) is 9.07. The van der Waals surface area contributed by atoms with Crippen molar-refractivity contribution in [3.8, 4) is 0 Å². The first-order valence-electron chi connectivity index (χ1n) is 7.25. The van der Waals surface area contributed by atoms with Gasteiger partial charge in [0.15, 0.2) is 0 Å². The number of hydrazine groups is 1. The lowest BCUT2D eigenvalue weighted by Gasteiger charge is -2.14. The molecule has 26 heavy (non-hydrogen) atoms. The molecule has 0 unspecified atom stereocenters. The zero-order valence-corrected chi connectivity index (χ0v) is 15.5. The molecule has 0 bridgehead atoms. The SMILES string of the molecule is CON(C)S(=O)(=O)c1ccc(C(=O)NNC(=O)c2ccccc2Cl)cc1. The van der Waals surface area contributed by atoms with E-state index in [2.05, 4.69) is 15.7 Å². The van der Waals surface area contributed by atoms with E-state index >= 15 is 0 Å². The normalized spacial score (nSPS) is 11.2. The lowest BCUT2D eigenvalue weighted by atomic mass is 10.2. The molecule has 0 aliphatic carbocycles. The Labute approximate surface area is 155 Å². The Hall–Kier alpha value is -2.46. The summed E-state index contributed by atoms with van der Waals surface area (Å²) in [5.41, 5.74) is 4.84. The van der Waals surface area contributed by atoms with Crippen molar-refractivity contribution in [1.29, 1.82) is 0 Å². The Morgan fingerprint density at radius 1 is 1.00 bits per heavy atom. The molecule has 2 aromatic rings. The molecule has 0 aromatic heterocycles. The Morgan fingerprint density at radius 2 is 1.58 bits per heavy atom. The predicted octanol–water partition coefficient (Wildman–Crippen LogP) is 1.60. The summed E-state index contributed by atoms with van der Waals surface area (Å²) in [4.78, 5) is 28.7. The van der Waals surface area contributed by atoms with E-state index in [0.717, 1.165) is 0 Å². The van der Waals surface area contributed by atoms with Gasteiger partial charge in [0.1, 0.15) is 0 Å². The van der Waals surface area contributed by atoms with Crippen molar-refractivity contribution >= 4 is 33.4 Å². The van der Waals surface area contributed by atoms with E-state index in [1.54, 1.807) is 18.2 Å². The van der Waals surface area contributed by atoms with Crippen LogP contribution in [0.5, 0.6) is 0 Å². The van der Waals surface area contributed by atoms with E-state index in [0.29, 0.717) is 4.47 Å². The van der Waals surface area contributed by atoms with E-state index in [1.165, 1.54) is 44.5 Å². The van der Waals surface area contributed by atoms with Crippen molar-refractivity contribution in [2.75, 3.05) is 14.2 Å². The molecule has 138 valence electrons. The molecular formula is C16H16ClN3O5S. The number of carbonyl (C=O) groups is 2. The van der Waals surface area contributed by atoms with Crippen LogP contribution in [0, 0.1) is 0 Å². The van der Waals surface area contributed by atoms with Gasteiger partial charge < -0.3 is 0 Å². The van der Waals surface area contributed by atoms with Gasteiger partial charge in [0.25, 0.3) is 21.8 Å². The summed E-state index contributed by atoms with van der Waals surface area (Å²) in [6.45, 7) is 0. The number of halogens is 1. The Kier molecular flexibility index (Phi) is 6.32. The molecule has 0 saturated heterocycles. The number of nitrogens with zero attached hydrogens (tertiary/aromatic N) is 1. The molecule has 8 nitrogen and oxygen atoms in total. The van der Waals surface area contributed by atoms with Crippen molar-refractivity contribution in [2.24, 2.45) is 0 Å². The third-order valence-electron chi connectivity index (χ3n) is 3.42. The van der Waals surface area contributed by atoms with Gasteiger partial charge in [0.2, 0.25) is 0 Å². The molecule has 0 fully saturated rings. The molecule has 0 aliphatic rings. The van der Waals surface area contributed by atoms with Crippen LogP contribution in [0.4, 0.5) is 0 Å². The zero-order valence-electron chi connectivity index (χ0n) is 13.9.